The molecule has 1 fully saturated rings. The molecule has 0 bridgehead atoms. The number of benzene rings is 1. The lowest BCUT2D eigenvalue weighted by Crippen LogP contribution is -2.42. The van der Waals surface area contributed by atoms with Crippen LogP contribution in [0.3, 0.4) is 0 Å². The fourth-order valence-electron chi connectivity index (χ4n) is 2.17. The van der Waals surface area contributed by atoms with Gasteiger partial charge in [0.05, 0.1) is 0 Å². The van der Waals surface area contributed by atoms with Gasteiger partial charge in [0.2, 0.25) is 5.91 Å². The second-order valence-electron chi connectivity index (χ2n) is 5.33. The normalized spacial score (nSPS) is 15.1. The summed E-state index contributed by atoms with van der Waals surface area (Å²) in [5, 5.41) is 5.69. The van der Waals surface area contributed by atoms with Crippen molar-refractivity contribution in [3.05, 3.63) is 29.8 Å². The molecule has 0 atom stereocenters. The van der Waals surface area contributed by atoms with Crippen LogP contribution in [0.15, 0.2) is 29.2 Å². The van der Waals surface area contributed by atoms with Crippen molar-refractivity contribution in [2.24, 2.45) is 0 Å². The van der Waals surface area contributed by atoms with Crippen molar-refractivity contribution in [1.29, 1.82) is 0 Å². The summed E-state index contributed by atoms with van der Waals surface area (Å²) < 4.78 is 0. The standard InChI is InChI=1S/C16H23N3O2S/c1-13-3-5-14(6-4-13)22-12-2-8-18-16(21)19-10-7-15(20)17-9-11-19/h3-6H,2,7-12H2,1H3,(H,17,20)(H,18,21). The number of rotatable bonds is 5. The lowest BCUT2D eigenvalue weighted by atomic mass is 10.2. The molecule has 0 aromatic heterocycles. The van der Waals surface area contributed by atoms with Crippen molar-refractivity contribution in [3.8, 4) is 0 Å². The van der Waals surface area contributed by atoms with E-state index in [-0.39, 0.29) is 11.9 Å². The van der Waals surface area contributed by atoms with Gasteiger partial charge in [-0.25, -0.2) is 4.79 Å². The van der Waals surface area contributed by atoms with Gasteiger partial charge in [-0.1, -0.05) is 17.7 Å². The SMILES string of the molecule is Cc1ccc(SCCCNC(=O)N2CCNC(=O)CC2)cc1. The summed E-state index contributed by atoms with van der Waals surface area (Å²) in [6, 6.07) is 8.40. The molecule has 1 aromatic rings. The van der Waals surface area contributed by atoms with Gasteiger partial charge >= 0.3 is 6.03 Å². The van der Waals surface area contributed by atoms with Gasteiger partial charge in [0.15, 0.2) is 0 Å². The van der Waals surface area contributed by atoms with E-state index in [1.807, 2.05) is 0 Å². The third-order valence-electron chi connectivity index (χ3n) is 3.49. The highest BCUT2D eigenvalue weighted by atomic mass is 32.2. The van der Waals surface area contributed by atoms with E-state index in [0.29, 0.717) is 32.6 Å². The van der Waals surface area contributed by atoms with Crippen molar-refractivity contribution in [1.82, 2.24) is 15.5 Å². The number of carbonyl (C=O) groups is 2. The number of urea groups is 1. The lowest BCUT2D eigenvalue weighted by molar-refractivity contribution is -0.120. The number of aryl methyl sites for hydroxylation is 1. The predicted molar refractivity (Wildman–Crippen MR) is 89.1 cm³/mol. The average Bonchev–Trinajstić information content (AvgIpc) is 2.73. The Balaban J connectivity index is 1.60. The molecule has 2 rings (SSSR count). The highest BCUT2D eigenvalue weighted by Crippen LogP contribution is 2.18. The van der Waals surface area contributed by atoms with E-state index < -0.39 is 0 Å². The van der Waals surface area contributed by atoms with Gasteiger partial charge in [-0.15, -0.1) is 11.8 Å². The van der Waals surface area contributed by atoms with Gasteiger partial charge in [0.25, 0.3) is 0 Å². The molecule has 5 nitrogen and oxygen atoms in total. The van der Waals surface area contributed by atoms with Gasteiger partial charge in [-0.3, -0.25) is 4.79 Å². The van der Waals surface area contributed by atoms with E-state index in [9.17, 15) is 9.59 Å². The van der Waals surface area contributed by atoms with Crippen LogP contribution in [0.1, 0.15) is 18.4 Å². The first kappa shape index (κ1) is 16.7. The third-order valence-corrected chi connectivity index (χ3v) is 4.59. The molecular weight excluding hydrogens is 298 g/mol. The summed E-state index contributed by atoms with van der Waals surface area (Å²) in [6.07, 6.45) is 1.31. The van der Waals surface area contributed by atoms with Gasteiger partial charge in [0, 0.05) is 37.5 Å². The number of amides is 3. The molecule has 120 valence electrons. The van der Waals surface area contributed by atoms with Crippen LogP contribution in [0, 0.1) is 6.92 Å². The second-order valence-corrected chi connectivity index (χ2v) is 6.50. The molecular formula is C16H23N3O2S. The molecule has 1 saturated heterocycles. The largest absolute Gasteiger partial charge is 0.354 e. The van der Waals surface area contributed by atoms with E-state index in [1.165, 1.54) is 10.5 Å². The summed E-state index contributed by atoms with van der Waals surface area (Å²) in [4.78, 5) is 26.2. The molecule has 22 heavy (non-hydrogen) atoms. The zero-order chi connectivity index (χ0) is 15.8. The van der Waals surface area contributed by atoms with Crippen LogP contribution < -0.4 is 10.6 Å². The molecule has 3 amide bonds. The molecule has 0 spiro atoms. The number of carbonyl (C=O) groups excluding carboxylic acids is 2. The van der Waals surface area contributed by atoms with Crippen LogP contribution in [-0.2, 0) is 4.79 Å². The summed E-state index contributed by atoms with van der Waals surface area (Å²) in [5.41, 5.74) is 1.27. The molecule has 1 aliphatic heterocycles. The Morgan fingerprint density at radius 3 is 2.86 bits per heavy atom. The van der Waals surface area contributed by atoms with Gasteiger partial charge in [-0.05, 0) is 31.2 Å². The molecule has 0 radical (unpaired) electrons. The summed E-state index contributed by atoms with van der Waals surface area (Å²) in [5.74, 6) is 0.994. The van der Waals surface area contributed by atoms with Gasteiger partial charge in [0.1, 0.15) is 0 Å². The molecule has 0 unspecified atom stereocenters. The molecule has 1 heterocycles. The Bertz CT molecular complexity index is 505. The van der Waals surface area contributed by atoms with Gasteiger partial charge in [-0.2, -0.15) is 0 Å². The Labute approximate surface area is 135 Å². The molecule has 6 heteroatoms. The van der Waals surface area contributed by atoms with Crippen molar-refractivity contribution in [2.45, 2.75) is 24.7 Å². The summed E-state index contributed by atoms with van der Waals surface area (Å²) in [7, 11) is 0. The highest BCUT2D eigenvalue weighted by Gasteiger charge is 2.17. The second kappa shape index (κ2) is 8.68. The first-order chi connectivity index (χ1) is 10.6. The Hall–Kier alpha value is -1.69. The van der Waals surface area contributed by atoms with E-state index >= 15 is 0 Å². The van der Waals surface area contributed by atoms with E-state index in [0.717, 1.165) is 12.2 Å². The lowest BCUT2D eigenvalue weighted by Gasteiger charge is -2.19. The number of hydrogen-bond acceptors (Lipinski definition) is 3. The van der Waals surface area contributed by atoms with E-state index in [4.69, 9.17) is 0 Å². The van der Waals surface area contributed by atoms with Crippen LogP contribution in [0.2, 0.25) is 0 Å². The summed E-state index contributed by atoms with van der Waals surface area (Å²) >= 11 is 1.80. The van der Waals surface area contributed by atoms with Gasteiger partial charge < -0.3 is 15.5 Å². The Kier molecular flexibility index (Phi) is 6.58. The van der Waals surface area contributed by atoms with Crippen LogP contribution in [0.25, 0.3) is 0 Å². The monoisotopic (exact) mass is 321 g/mol. The maximum absolute atomic E-state index is 12.0. The van der Waals surface area contributed by atoms with Crippen molar-refractivity contribution >= 4 is 23.7 Å². The number of nitrogens with one attached hydrogen (secondary N) is 2. The molecule has 0 aliphatic carbocycles. The zero-order valence-electron chi connectivity index (χ0n) is 12.9. The Morgan fingerprint density at radius 2 is 2.09 bits per heavy atom. The fourth-order valence-corrected chi connectivity index (χ4v) is 3.03. The van der Waals surface area contributed by atoms with Crippen LogP contribution in [0.4, 0.5) is 4.79 Å². The number of nitrogens with zero attached hydrogens (tertiary/aromatic N) is 1. The maximum atomic E-state index is 12.0. The smallest absolute Gasteiger partial charge is 0.317 e. The van der Waals surface area contributed by atoms with Crippen molar-refractivity contribution in [3.63, 3.8) is 0 Å². The van der Waals surface area contributed by atoms with Crippen molar-refractivity contribution in [2.75, 3.05) is 31.9 Å². The molecule has 0 saturated carbocycles. The summed E-state index contributed by atoms with van der Waals surface area (Å²) in [6.45, 7) is 4.35. The highest BCUT2D eigenvalue weighted by molar-refractivity contribution is 7.99. The Morgan fingerprint density at radius 1 is 1.32 bits per heavy atom. The van der Waals surface area contributed by atoms with E-state index in [1.54, 1.807) is 16.7 Å². The van der Waals surface area contributed by atoms with E-state index in [2.05, 4.69) is 41.8 Å². The average molecular weight is 321 g/mol. The predicted octanol–water partition coefficient (Wildman–Crippen LogP) is 2.01. The molecule has 1 aromatic carbocycles. The van der Waals surface area contributed by atoms with Crippen LogP contribution in [-0.4, -0.2) is 48.8 Å². The molecule has 2 N–H and O–H groups in total. The quantitative estimate of drug-likeness (QED) is 0.644. The fraction of sp³-hybridized carbons (Fsp3) is 0.500. The maximum Gasteiger partial charge on any atom is 0.317 e. The topological polar surface area (TPSA) is 61.4 Å². The first-order valence-electron chi connectivity index (χ1n) is 7.64. The van der Waals surface area contributed by atoms with Crippen LogP contribution >= 0.6 is 11.8 Å². The zero-order valence-corrected chi connectivity index (χ0v) is 13.7. The minimum absolute atomic E-state index is 0.0183. The third kappa shape index (κ3) is 5.60. The number of hydrogen-bond donors (Lipinski definition) is 2. The van der Waals surface area contributed by atoms with Crippen LogP contribution in [0.5, 0.6) is 0 Å². The minimum Gasteiger partial charge on any atom is -0.354 e. The van der Waals surface area contributed by atoms with Crippen molar-refractivity contribution < 1.29 is 9.59 Å². The molecule has 1 aliphatic rings. The minimum atomic E-state index is -0.0724. The first-order valence-corrected chi connectivity index (χ1v) is 8.62. The number of thioether (sulfide) groups is 1.